The van der Waals surface area contributed by atoms with Crippen LogP contribution in [0.4, 0.5) is 0 Å². The summed E-state index contributed by atoms with van der Waals surface area (Å²) in [6.07, 6.45) is 3.37. The van der Waals surface area contributed by atoms with Gasteiger partial charge in [-0.05, 0) is 43.4 Å². The number of hydrogen-bond donors (Lipinski definition) is 2. The molecule has 0 aliphatic heterocycles. The molecule has 0 bridgehead atoms. The molecule has 0 radical (unpaired) electrons. The molecule has 1 aromatic carbocycles. The molecule has 2 N–H and O–H groups in total. The van der Waals surface area contributed by atoms with Crippen LogP contribution in [0.2, 0.25) is 0 Å². The van der Waals surface area contributed by atoms with Crippen molar-refractivity contribution < 1.29 is 23.8 Å². The summed E-state index contributed by atoms with van der Waals surface area (Å²) in [6, 6.07) is 6.50. The van der Waals surface area contributed by atoms with E-state index in [1.165, 1.54) is 6.07 Å². The predicted octanol–water partition coefficient (Wildman–Crippen LogP) is 2.49. The van der Waals surface area contributed by atoms with E-state index in [1.54, 1.807) is 18.2 Å². The maximum absolute atomic E-state index is 12.1. The van der Waals surface area contributed by atoms with Crippen molar-refractivity contribution in [3.8, 4) is 5.75 Å². The highest BCUT2D eigenvalue weighted by molar-refractivity contribution is 5.81. The van der Waals surface area contributed by atoms with Crippen LogP contribution in [0.1, 0.15) is 31.2 Å². The van der Waals surface area contributed by atoms with E-state index in [2.05, 4.69) is 5.32 Å². The Morgan fingerprint density at radius 2 is 2.04 bits per heavy atom. The monoisotopic (exact) mass is 373 g/mol. The number of rotatable bonds is 6. The third-order valence-electron chi connectivity index (χ3n) is 5.08. The minimum atomic E-state index is -0.793. The second-order valence-corrected chi connectivity index (χ2v) is 6.99. The molecule has 27 heavy (non-hydrogen) atoms. The van der Waals surface area contributed by atoms with Gasteiger partial charge in [0.05, 0.1) is 5.92 Å². The summed E-state index contributed by atoms with van der Waals surface area (Å²) in [4.78, 5) is 34.8. The van der Waals surface area contributed by atoms with Gasteiger partial charge >= 0.3 is 11.6 Å². The van der Waals surface area contributed by atoms with E-state index in [9.17, 15) is 19.5 Å². The molecule has 7 nitrogen and oxygen atoms in total. The van der Waals surface area contributed by atoms with Gasteiger partial charge in [0.15, 0.2) is 6.61 Å². The number of benzene rings is 1. The van der Waals surface area contributed by atoms with E-state index in [1.807, 2.05) is 6.92 Å². The van der Waals surface area contributed by atoms with Crippen LogP contribution in [0, 0.1) is 18.8 Å². The number of aliphatic carboxylic acids is 1. The van der Waals surface area contributed by atoms with Crippen LogP contribution < -0.4 is 15.7 Å². The third-order valence-corrected chi connectivity index (χ3v) is 5.08. The van der Waals surface area contributed by atoms with Crippen molar-refractivity contribution in [3.05, 3.63) is 40.2 Å². The second kappa shape index (κ2) is 8.24. The summed E-state index contributed by atoms with van der Waals surface area (Å²) < 4.78 is 10.6. The summed E-state index contributed by atoms with van der Waals surface area (Å²) in [5, 5.41) is 12.9. The molecule has 7 heteroatoms. The predicted molar refractivity (Wildman–Crippen MR) is 98.8 cm³/mol. The van der Waals surface area contributed by atoms with Crippen molar-refractivity contribution in [2.75, 3.05) is 13.2 Å². The van der Waals surface area contributed by atoms with E-state index in [0.29, 0.717) is 24.3 Å². The Morgan fingerprint density at radius 3 is 2.81 bits per heavy atom. The lowest BCUT2D eigenvalue weighted by atomic mass is 9.79. The van der Waals surface area contributed by atoms with Gasteiger partial charge in [0.25, 0.3) is 5.91 Å². The lowest BCUT2D eigenvalue weighted by Crippen LogP contribution is -2.38. The number of carboxylic acids is 1. The molecule has 1 aromatic heterocycles. The first-order valence-electron chi connectivity index (χ1n) is 9.11. The topological polar surface area (TPSA) is 106 Å². The number of aryl methyl sites for hydroxylation is 1. The molecular weight excluding hydrogens is 350 g/mol. The van der Waals surface area contributed by atoms with Crippen molar-refractivity contribution in [2.45, 2.75) is 32.6 Å². The van der Waals surface area contributed by atoms with Crippen LogP contribution in [0.25, 0.3) is 11.0 Å². The van der Waals surface area contributed by atoms with Gasteiger partial charge in [0, 0.05) is 24.1 Å². The lowest BCUT2D eigenvalue weighted by molar-refractivity contribution is -0.145. The summed E-state index contributed by atoms with van der Waals surface area (Å²) in [6.45, 7) is 1.97. The Balaban J connectivity index is 1.55. The molecule has 1 heterocycles. The normalized spacial score (nSPS) is 19.6. The number of fused-ring (bicyclic) bond motifs is 1. The van der Waals surface area contributed by atoms with Gasteiger partial charge in [-0.3, -0.25) is 9.59 Å². The van der Waals surface area contributed by atoms with Gasteiger partial charge in [-0.25, -0.2) is 4.79 Å². The lowest BCUT2D eigenvalue weighted by Gasteiger charge is -2.28. The molecule has 3 rings (SSSR count). The minimum absolute atomic E-state index is 0.0434. The van der Waals surface area contributed by atoms with Crippen LogP contribution in [0.3, 0.4) is 0 Å². The largest absolute Gasteiger partial charge is 0.484 e. The van der Waals surface area contributed by atoms with Gasteiger partial charge in [-0.2, -0.15) is 0 Å². The molecule has 144 valence electrons. The third kappa shape index (κ3) is 4.67. The first-order valence-corrected chi connectivity index (χ1v) is 9.11. The van der Waals surface area contributed by atoms with Crippen LogP contribution >= 0.6 is 0 Å². The van der Waals surface area contributed by atoms with E-state index >= 15 is 0 Å². The molecule has 1 fully saturated rings. The summed E-state index contributed by atoms with van der Waals surface area (Å²) in [7, 11) is 0. The molecule has 0 spiro atoms. The Labute approximate surface area is 156 Å². The zero-order valence-electron chi connectivity index (χ0n) is 15.2. The zero-order chi connectivity index (χ0) is 19.4. The van der Waals surface area contributed by atoms with Crippen LogP contribution in [0.15, 0.2) is 33.5 Å². The quantitative estimate of drug-likeness (QED) is 0.754. The summed E-state index contributed by atoms with van der Waals surface area (Å²) in [5.74, 6) is -1.12. The van der Waals surface area contributed by atoms with E-state index in [4.69, 9.17) is 9.15 Å². The Bertz CT molecular complexity index is 903. The molecule has 1 aliphatic carbocycles. The number of amides is 1. The first kappa shape index (κ1) is 18.9. The highest BCUT2D eigenvalue weighted by Crippen LogP contribution is 2.29. The fraction of sp³-hybridized carbons (Fsp3) is 0.450. The van der Waals surface area contributed by atoms with Gasteiger partial charge < -0.3 is 19.6 Å². The molecule has 1 aliphatic rings. The number of carboxylic acid groups (broad SMARTS) is 1. The van der Waals surface area contributed by atoms with Gasteiger partial charge in [0.2, 0.25) is 0 Å². The SMILES string of the molecule is Cc1cc(=O)oc2cc(OCC(=O)NC[C@@H]3CCCC[C@@H]3C(=O)O)ccc12. The zero-order valence-corrected chi connectivity index (χ0v) is 15.2. The molecule has 1 amide bonds. The average Bonchev–Trinajstić information content (AvgIpc) is 2.64. The number of hydrogen-bond acceptors (Lipinski definition) is 5. The number of ether oxygens (including phenoxy) is 1. The fourth-order valence-corrected chi connectivity index (χ4v) is 3.62. The molecule has 1 saturated carbocycles. The summed E-state index contributed by atoms with van der Waals surface area (Å²) >= 11 is 0. The molecular formula is C20H23NO6. The van der Waals surface area contributed by atoms with Gasteiger partial charge in [-0.1, -0.05) is 12.8 Å². The van der Waals surface area contributed by atoms with Crippen molar-refractivity contribution in [2.24, 2.45) is 11.8 Å². The van der Waals surface area contributed by atoms with Gasteiger partial charge in [0.1, 0.15) is 11.3 Å². The first-order chi connectivity index (χ1) is 12.9. The van der Waals surface area contributed by atoms with Crippen molar-refractivity contribution >= 4 is 22.8 Å². The van der Waals surface area contributed by atoms with E-state index in [0.717, 1.165) is 30.2 Å². The van der Waals surface area contributed by atoms with Crippen LogP contribution in [0.5, 0.6) is 5.75 Å². The Kier molecular flexibility index (Phi) is 5.78. The Morgan fingerprint density at radius 1 is 1.26 bits per heavy atom. The van der Waals surface area contributed by atoms with Crippen molar-refractivity contribution in [1.29, 1.82) is 0 Å². The highest BCUT2D eigenvalue weighted by atomic mass is 16.5. The maximum atomic E-state index is 12.1. The molecule has 0 unspecified atom stereocenters. The minimum Gasteiger partial charge on any atom is -0.484 e. The smallest absolute Gasteiger partial charge is 0.336 e. The number of nitrogens with one attached hydrogen (secondary N) is 1. The number of carbonyl (C=O) groups excluding carboxylic acids is 1. The Hall–Kier alpha value is -2.83. The summed E-state index contributed by atoms with van der Waals surface area (Å²) in [5.41, 5.74) is 0.783. The molecule has 0 saturated heterocycles. The van der Waals surface area contributed by atoms with E-state index < -0.39 is 17.5 Å². The fourth-order valence-electron chi connectivity index (χ4n) is 3.62. The molecule has 2 atom stereocenters. The standard InChI is InChI=1S/C20H23NO6/c1-12-8-19(23)27-17-9-14(6-7-15(12)17)26-11-18(22)21-10-13-4-2-3-5-16(13)20(24)25/h6-9,13,16H,2-5,10-11H2,1H3,(H,21,22)(H,24,25)/t13-,16-/m0/s1. The maximum Gasteiger partial charge on any atom is 0.336 e. The average molecular weight is 373 g/mol. The van der Waals surface area contributed by atoms with Crippen molar-refractivity contribution in [3.63, 3.8) is 0 Å². The second-order valence-electron chi connectivity index (χ2n) is 6.99. The molecule has 2 aromatic rings. The van der Waals surface area contributed by atoms with Gasteiger partial charge in [-0.15, -0.1) is 0 Å². The van der Waals surface area contributed by atoms with Crippen LogP contribution in [-0.2, 0) is 9.59 Å². The van der Waals surface area contributed by atoms with Crippen molar-refractivity contribution in [1.82, 2.24) is 5.32 Å². The van der Waals surface area contributed by atoms with Crippen LogP contribution in [-0.4, -0.2) is 30.1 Å². The number of carbonyl (C=O) groups is 2. The van der Waals surface area contributed by atoms with E-state index in [-0.39, 0.29) is 18.4 Å². The highest BCUT2D eigenvalue weighted by Gasteiger charge is 2.30.